The molecular weight excluding hydrogens is 371 g/mol. The van der Waals surface area contributed by atoms with E-state index in [9.17, 15) is 14.0 Å². The number of nitrogens with one attached hydrogen (secondary N) is 2. The van der Waals surface area contributed by atoms with Crippen LogP contribution >= 0.6 is 11.5 Å². The molecule has 0 aliphatic heterocycles. The van der Waals surface area contributed by atoms with Crippen LogP contribution in [-0.2, 0) is 9.53 Å². The van der Waals surface area contributed by atoms with Crippen molar-refractivity contribution < 1.29 is 18.7 Å². The van der Waals surface area contributed by atoms with Crippen molar-refractivity contribution in [3.63, 3.8) is 0 Å². The number of hydrogen-bond donors (Lipinski definition) is 2. The van der Waals surface area contributed by atoms with Crippen molar-refractivity contribution in [1.82, 2.24) is 14.9 Å². The lowest BCUT2D eigenvalue weighted by Crippen LogP contribution is -2.54. The number of carbonyl (C=O) groups excluding carboxylic acids is 2. The van der Waals surface area contributed by atoms with Crippen molar-refractivity contribution >= 4 is 28.5 Å². The third-order valence-electron chi connectivity index (χ3n) is 3.38. The summed E-state index contributed by atoms with van der Waals surface area (Å²) in [5, 5.41) is 9.29. The molecule has 0 aliphatic rings. The smallest absolute Gasteiger partial charge is 0.408 e. The van der Waals surface area contributed by atoms with Gasteiger partial charge in [0.15, 0.2) is 0 Å². The maximum Gasteiger partial charge on any atom is 0.408 e. The van der Waals surface area contributed by atoms with Crippen molar-refractivity contribution in [3.05, 3.63) is 30.3 Å². The average Bonchev–Trinajstić information content (AvgIpc) is 2.98. The van der Waals surface area contributed by atoms with E-state index in [2.05, 4.69) is 20.2 Å². The molecule has 1 unspecified atom stereocenters. The van der Waals surface area contributed by atoms with E-state index in [1.807, 2.05) is 30.3 Å². The summed E-state index contributed by atoms with van der Waals surface area (Å²) >= 11 is 0.970. The summed E-state index contributed by atoms with van der Waals surface area (Å²) in [5.74, 6) is -0.725. The van der Waals surface area contributed by atoms with Gasteiger partial charge in [0.25, 0.3) is 5.91 Å². The first kappa shape index (κ1) is 20.8. The topological polar surface area (TPSA) is 93.2 Å². The normalized spacial score (nSPS) is 13.0. The van der Waals surface area contributed by atoms with Crippen LogP contribution in [0.1, 0.15) is 34.6 Å². The summed E-state index contributed by atoms with van der Waals surface area (Å²) in [7, 11) is 0. The number of aromatic nitrogens is 2. The van der Waals surface area contributed by atoms with Crippen LogP contribution in [0.15, 0.2) is 30.3 Å². The molecule has 0 saturated carbocycles. The highest BCUT2D eigenvalue weighted by atomic mass is 32.1. The largest absolute Gasteiger partial charge is 0.444 e. The first-order valence-electron chi connectivity index (χ1n) is 8.34. The molecule has 0 bridgehead atoms. The number of alkyl carbamates (subject to hydrolysis) is 1. The molecular formula is C18H23FN4O3S. The number of halogens is 1. The third kappa shape index (κ3) is 5.99. The highest BCUT2D eigenvalue weighted by Crippen LogP contribution is 2.29. The summed E-state index contributed by atoms with van der Waals surface area (Å²) in [6.07, 6.45) is -0.876. The molecule has 1 aromatic carbocycles. The van der Waals surface area contributed by atoms with Gasteiger partial charge in [-0.25, -0.2) is 9.18 Å². The Kier molecular flexibility index (Phi) is 6.15. The molecule has 2 rings (SSSR count). The SMILES string of the molecule is CC(C)(C)OC(=O)NC(C(=O)Nc1snnc1-c1ccccc1)C(C)(C)F. The number of rotatable bonds is 5. The molecule has 7 nitrogen and oxygen atoms in total. The molecule has 27 heavy (non-hydrogen) atoms. The Balaban J connectivity index is 2.18. The first-order valence-corrected chi connectivity index (χ1v) is 9.12. The van der Waals surface area contributed by atoms with E-state index in [4.69, 9.17) is 4.74 Å². The van der Waals surface area contributed by atoms with Crippen molar-refractivity contribution in [2.75, 3.05) is 5.32 Å². The Hall–Kier alpha value is -2.55. The minimum Gasteiger partial charge on any atom is -0.444 e. The summed E-state index contributed by atoms with van der Waals surface area (Å²) in [6.45, 7) is 7.45. The molecule has 146 valence electrons. The molecule has 9 heteroatoms. The Morgan fingerprint density at radius 2 is 1.78 bits per heavy atom. The second-order valence-electron chi connectivity index (χ2n) is 7.45. The van der Waals surface area contributed by atoms with E-state index in [1.54, 1.807) is 20.8 Å². The number of hydrogen-bond acceptors (Lipinski definition) is 6. The van der Waals surface area contributed by atoms with Crippen LogP contribution < -0.4 is 10.6 Å². The quantitative estimate of drug-likeness (QED) is 0.805. The van der Waals surface area contributed by atoms with E-state index >= 15 is 0 Å². The second-order valence-corrected chi connectivity index (χ2v) is 8.20. The van der Waals surface area contributed by atoms with Gasteiger partial charge in [-0.1, -0.05) is 34.8 Å². The molecule has 2 aromatic rings. The molecule has 1 atom stereocenters. The first-order chi connectivity index (χ1) is 12.5. The summed E-state index contributed by atoms with van der Waals surface area (Å²) < 4.78 is 23.6. The van der Waals surface area contributed by atoms with E-state index in [0.29, 0.717) is 10.7 Å². The molecule has 1 heterocycles. The minimum atomic E-state index is -2.02. The number of benzene rings is 1. The fourth-order valence-corrected chi connectivity index (χ4v) is 2.81. The summed E-state index contributed by atoms with van der Waals surface area (Å²) in [5.41, 5.74) is -1.56. The van der Waals surface area contributed by atoms with E-state index < -0.39 is 29.3 Å². The maximum atomic E-state index is 14.6. The summed E-state index contributed by atoms with van der Waals surface area (Å²) in [4.78, 5) is 24.7. The van der Waals surface area contributed by atoms with Gasteiger partial charge >= 0.3 is 6.09 Å². The monoisotopic (exact) mass is 394 g/mol. The highest BCUT2D eigenvalue weighted by molar-refractivity contribution is 7.10. The van der Waals surface area contributed by atoms with Gasteiger partial charge in [0.2, 0.25) is 0 Å². The lowest BCUT2D eigenvalue weighted by molar-refractivity contribution is -0.121. The van der Waals surface area contributed by atoms with Gasteiger partial charge in [0.1, 0.15) is 28.0 Å². The molecule has 0 saturated heterocycles. The fourth-order valence-electron chi connectivity index (χ4n) is 2.22. The van der Waals surface area contributed by atoms with Crippen LogP contribution in [0.25, 0.3) is 11.3 Å². The zero-order chi connectivity index (χ0) is 20.2. The zero-order valence-corrected chi connectivity index (χ0v) is 16.7. The predicted molar refractivity (Wildman–Crippen MR) is 102 cm³/mol. The Bertz CT molecular complexity index is 797. The third-order valence-corrected chi connectivity index (χ3v) is 4.02. The van der Waals surface area contributed by atoms with Crippen LogP contribution in [0.4, 0.5) is 14.2 Å². The number of ether oxygens (including phenoxy) is 1. The van der Waals surface area contributed by atoms with Crippen molar-refractivity contribution in [2.24, 2.45) is 0 Å². The molecule has 0 aliphatic carbocycles. The van der Waals surface area contributed by atoms with Gasteiger partial charge in [-0.3, -0.25) is 4.79 Å². The van der Waals surface area contributed by atoms with Gasteiger partial charge in [-0.05, 0) is 34.6 Å². The fraction of sp³-hybridized carbons (Fsp3) is 0.444. The van der Waals surface area contributed by atoms with E-state index in [-0.39, 0.29) is 0 Å². The van der Waals surface area contributed by atoms with Crippen LogP contribution in [0.2, 0.25) is 0 Å². The minimum absolute atomic E-state index is 0.367. The average molecular weight is 394 g/mol. The van der Waals surface area contributed by atoms with Crippen molar-refractivity contribution in [2.45, 2.75) is 51.9 Å². The Morgan fingerprint density at radius 3 is 2.33 bits per heavy atom. The van der Waals surface area contributed by atoms with E-state index in [0.717, 1.165) is 17.1 Å². The number of carbonyl (C=O) groups is 2. The van der Waals surface area contributed by atoms with Gasteiger partial charge in [0, 0.05) is 17.1 Å². The molecule has 0 radical (unpaired) electrons. The Morgan fingerprint density at radius 1 is 1.15 bits per heavy atom. The number of amides is 2. The molecule has 1 aromatic heterocycles. The van der Waals surface area contributed by atoms with Crippen molar-refractivity contribution in [1.29, 1.82) is 0 Å². The summed E-state index contributed by atoms with van der Waals surface area (Å²) in [6, 6.07) is 7.70. The van der Waals surface area contributed by atoms with Crippen LogP contribution in [0.5, 0.6) is 0 Å². The van der Waals surface area contributed by atoms with Gasteiger partial charge < -0.3 is 15.4 Å². The number of anilines is 1. The number of nitrogens with zero attached hydrogens (tertiary/aromatic N) is 2. The van der Waals surface area contributed by atoms with Gasteiger partial charge in [0.05, 0.1) is 0 Å². The lowest BCUT2D eigenvalue weighted by Gasteiger charge is -2.28. The van der Waals surface area contributed by atoms with E-state index in [1.165, 1.54) is 13.8 Å². The molecule has 2 N–H and O–H groups in total. The predicted octanol–water partition coefficient (Wildman–Crippen LogP) is 3.79. The zero-order valence-electron chi connectivity index (χ0n) is 15.9. The van der Waals surface area contributed by atoms with Gasteiger partial charge in [-0.15, -0.1) is 5.10 Å². The van der Waals surface area contributed by atoms with Crippen LogP contribution in [0, 0.1) is 0 Å². The van der Waals surface area contributed by atoms with Crippen molar-refractivity contribution in [3.8, 4) is 11.3 Å². The highest BCUT2D eigenvalue weighted by Gasteiger charge is 2.38. The second kappa shape index (κ2) is 7.99. The molecule has 0 spiro atoms. The standard InChI is InChI=1S/C18H23FN4O3S/c1-17(2,3)26-16(25)20-13(18(4,5)19)14(24)21-15-12(22-23-27-15)11-9-7-6-8-10-11/h6-10,13H,1-5H3,(H,20,25)(H,21,24). The molecule has 2 amide bonds. The Labute approximate surface area is 161 Å². The molecule has 0 fully saturated rings. The van der Waals surface area contributed by atoms with Gasteiger partial charge in [-0.2, -0.15) is 0 Å². The number of alkyl halides is 1. The van der Waals surface area contributed by atoms with Crippen LogP contribution in [-0.4, -0.2) is 38.9 Å². The maximum absolute atomic E-state index is 14.6. The lowest BCUT2D eigenvalue weighted by atomic mass is 10.00. The van der Waals surface area contributed by atoms with Crippen LogP contribution in [0.3, 0.4) is 0 Å².